The molecule has 10 nitrogen and oxygen atoms in total. The summed E-state index contributed by atoms with van der Waals surface area (Å²) in [7, 11) is 0. The first-order valence-corrected chi connectivity index (χ1v) is 10.6. The van der Waals surface area contributed by atoms with E-state index >= 15 is 0 Å². The number of aryl methyl sites for hydroxylation is 2. The van der Waals surface area contributed by atoms with E-state index in [1.807, 2.05) is 37.4 Å². The molecule has 0 unspecified atom stereocenters. The molecule has 0 bridgehead atoms. The molecular weight excluding hydrogens is 446 g/mol. The third-order valence-corrected chi connectivity index (χ3v) is 5.55. The lowest BCUT2D eigenvalue weighted by atomic mass is 10.1. The number of rotatable bonds is 6. The number of thiazole rings is 1. The maximum Gasteiger partial charge on any atom is 0.433 e. The Bertz CT molecular complexity index is 1450. The highest BCUT2D eigenvalue weighted by atomic mass is 32.1. The van der Waals surface area contributed by atoms with E-state index in [1.165, 1.54) is 41.8 Å². The highest BCUT2D eigenvalue weighted by Gasteiger charge is 2.13. The van der Waals surface area contributed by atoms with Crippen LogP contribution in [0.25, 0.3) is 11.3 Å². The monoisotopic (exact) mass is 463 g/mol. The second-order valence-corrected chi connectivity index (χ2v) is 7.94. The molecule has 11 heteroatoms. The van der Waals surface area contributed by atoms with E-state index in [4.69, 9.17) is 9.41 Å². The Balaban J connectivity index is 1.84. The lowest BCUT2D eigenvalue weighted by Crippen LogP contribution is -2.11. The lowest BCUT2D eigenvalue weighted by molar-refractivity contribution is -0.402. The molecule has 0 N–H and O–H groups in total. The summed E-state index contributed by atoms with van der Waals surface area (Å²) in [5.74, 6) is -0.185. The summed E-state index contributed by atoms with van der Waals surface area (Å²) in [6, 6.07) is 14.7. The average Bonchev–Trinajstić information content (AvgIpc) is 3.42. The van der Waals surface area contributed by atoms with Crippen LogP contribution in [0, 0.1) is 34.1 Å². The molecule has 0 amide bonds. The van der Waals surface area contributed by atoms with Crippen LogP contribution in [0.3, 0.4) is 0 Å². The van der Waals surface area contributed by atoms with Crippen molar-refractivity contribution >= 4 is 34.8 Å². The zero-order valence-electron chi connectivity index (χ0n) is 17.5. The van der Waals surface area contributed by atoms with Gasteiger partial charge in [-0.05, 0) is 49.2 Å². The number of hydrogen-bond donors (Lipinski definition) is 0. The molecule has 0 aliphatic rings. The van der Waals surface area contributed by atoms with Crippen molar-refractivity contribution in [2.45, 2.75) is 13.8 Å². The van der Waals surface area contributed by atoms with Crippen molar-refractivity contribution in [1.82, 2.24) is 4.68 Å². The fourth-order valence-electron chi connectivity index (χ4n) is 3.01. The molecule has 0 fully saturated rings. The number of non-ortho nitro benzene ring substituents is 1. The molecule has 0 saturated carbocycles. The van der Waals surface area contributed by atoms with Crippen LogP contribution in [0.1, 0.15) is 16.9 Å². The second kappa shape index (κ2) is 9.01. The van der Waals surface area contributed by atoms with Gasteiger partial charge in [-0.15, -0.1) is 11.3 Å². The number of aromatic nitrogens is 1. The quantitative estimate of drug-likeness (QED) is 0.216. The first-order chi connectivity index (χ1) is 15.8. The van der Waals surface area contributed by atoms with E-state index in [1.54, 1.807) is 16.8 Å². The van der Waals surface area contributed by atoms with Gasteiger partial charge in [0, 0.05) is 23.1 Å². The van der Waals surface area contributed by atoms with Gasteiger partial charge in [0.05, 0.1) is 28.6 Å². The zero-order valence-corrected chi connectivity index (χ0v) is 18.4. The Morgan fingerprint density at radius 3 is 2.42 bits per heavy atom. The molecule has 0 radical (unpaired) electrons. The van der Waals surface area contributed by atoms with E-state index in [0.717, 1.165) is 16.8 Å². The SMILES string of the molecule is Cc1ccc(C)c(N=c2scc(-c3ccc([N+](=O)[O-])cc3)n2N=Cc2ccc([N+](=O)[O-])o2)c1. The van der Waals surface area contributed by atoms with Gasteiger partial charge in [-0.25, -0.2) is 9.67 Å². The van der Waals surface area contributed by atoms with Gasteiger partial charge in [0.25, 0.3) is 5.69 Å². The van der Waals surface area contributed by atoms with E-state index in [2.05, 4.69) is 5.10 Å². The van der Waals surface area contributed by atoms with Crippen LogP contribution in [-0.2, 0) is 0 Å². The summed E-state index contributed by atoms with van der Waals surface area (Å²) in [6.07, 6.45) is 1.36. The number of nitrogens with zero attached hydrogens (tertiary/aromatic N) is 5. The Kier molecular flexibility index (Phi) is 5.96. The van der Waals surface area contributed by atoms with E-state index < -0.39 is 9.85 Å². The second-order valence-electron chi connectivity index (χ2n) is 7.10. The molecule has 166 valence electrons. The minimum absolute atomic E-state index is 0.0211. The molecule has 4 rings (SSSR count). The Labute approximate surface area is 191 Å². The molecule has 0 atom stereocenters. The molecule has 0 aliphatic carbocycles. The van der Waals surface area contributed by atoms with E-state index in [-0.39, 0.29) is 17.3 Å². The maximum absolute atomic E-state index is 11.0. The van der Waals surface area contributed by atoms with Crippen molar-refractivity contribution in [2.24, 2.45) is 10.1 Å². The summed E-state index contributed by atoms with van der Waals surface area (Å²) in [5, 5.41) is 28.2. The first-order valence-electron chi connectivity index (χ1n) is 9.68. The topological polar surface area (TPSA) is 129 Å². The predicted octanol–water partition coefficient (Wildman–Crippen LogP) is 5.36. The number of nitro groups is 2. The van der Waals surface area contributed by atoms with E-state index in [0.29, 0.717) is 16.1 Å². The van der Waals surface area contributed by atoms with Gasteiger partial charge in [-0.2, -0.15) is 5.10 Å². The third-order valence-electron chi connectivity index (χ3n) is 4.73. The highest BCUT2D eigenvalue weighted by Crippen LogP contribution is 2.25. The number of furan rings is 1. The minimum Gasteiger partial charge on any atom is -0.400 e. The normalized spacial score (nSPS) is 11.9. The van der Waals surface area contributed by atoms with Gasteiger partial charge in [0.1, 0.15) is 4.92 Å². The summed E-state index contributed by atoms with van der Waals surface area (Å²) in [5.41, 5.74) is 4.16. The van der Waals surface area contributed by atoms with Gasteiger partial charge in [0.2, 0.25) is 4.80 Å². The summed E-state index contributed by atoms with van der Waals surface area (Å²) >= 11 is 1.35. The van der Waals surface area contributed by atoms with Crippen molar-refractivity contribution in [1.29, 1.82) is 0 Å². The zero-order chi connectivity index (χ0) is 23.5. The van der Waals surface area contributed by atoms with Gasteiger partial charge < -0.3 is 4.42 Å². The van der Waals surface area contributed by atoms with Gasteiger partial charge >= 0.3 is 5.88 Å². The number of hydrogen-bond acceptors (Lipinski definition) is 8. The maximum atomic E-state index is 11.0. The van der Waals surface area contributed by atoms with Crippen LogP contribution in [-0.4, -0.2) is 20.7 Å². The molecular formula is C22H17N5O5S. The van der Waals surface area contributed by atoms with Crippen molar-refractivity contribution in [3.8, 4) is 11.3 Å². The molecule has 2 aromatic heterocycles. The van der Waals surface area contributed by atoms with Crippen LogP contribution in [0.2, 0.25) is 0 Å². The lowest BCUT2D eigenvalue weighted by Gasteiger charge is -2.04. The van der Waals surface area contributed by atoms with E-state index in [9.17, 15) is 20.2 Å². The molecule has 33 heavy (non-hydrogen) atoms. The van der Waals surface area contributed by atoms with Crippen molar-refractivity contribution in [3.63, 3.8) is 0 Å². The predicted molar refractivity (Wildman–Crippen MR) is 124 cm³/mol. The third kappa shape index (κ3) is 4.77. The van der Waals surface area contributed by atoms with Crippen LogP contribution in [0.15, 0.2) is 74.5 Å². The van der Waals surface area contributed by atoms with Crippen molar-refractivity contribution in [3.05, 3.63) is 102 Å². The highest BCUT2D eigenvalue weighted by molar-refractivity contribution is 7.07. The van der Waals surface area contributed by atoms with Crippen molar-refractivity contribution in [2.75, 3.05) is 0 Å². The molecule has 4 aromatic rings. The van der Waals surface area contributed by atoms with Gasteiger partial charge in [-0.1, -0.05) is 12.1 Å². The van der Waals surface area contributed by atoms with Crippen LogP contribution in [0.5, 0.6) is 0 Å². The van der Waals surface area contributed by atoms with Crippen LogP contribution >= 0.6 is 11.3 Å². The van der Waals surface area contributed by atoms with Gasteiger partial charge in [-0.3, -0.25) is 20.2 Å². The molecule has 2 heterocycles. The fraction of sp³-hybridized carbons (Fsp3) is 0.0909. The summed E-state index contributed by atoms with van der Waals surface area (Å²) < 4.78 is 6.73. The molecule has 0 saturated heterocycles. The van der Waals surface area contributed by atoms with Gasteiger partial charge in [0.15, 0.2) is 5.76 Å². The van der Waals surface area contributed by atoms with Crippen molar-refractivity contribution < 1.29 is 14.3 Å². The standard InChI is InChI=1S/C22H17N5O5S/c1-14-3-4-15(2)19(11-14)24-22-25(23-12-18-9-10-21(32-18)27(30)31)20(13-33-22)16-5-7-17(8-6-16)26(28)29/h3-13H,1-2H3. The molecule has 0 aliphatic heterocycles. The molecule has 0 spiro atoms. The first kappa shape index (κ1) is 21.8. The number of benzene rings is 2. The number of nitro benzene ring substituents is 1. The summed E-state index contributed by atoms with van der Waals surface area (Å²) in [4.78, 5) is 26.1. The average molecular weight is 463 g/mol. The largest absolute Gasteiger partial charge is 0.433 e. The smallest absolute Gasteiger partial charge is 0.400 e. The Morgan fingerprint density at radius 2 is 1.76 bits per heavy atom. The summed E-state index contributed by atoms with van der Waals surface area (Å²) in [6.45, 7) is 3.93. The minimum atomic E-state index is -0.626. The molecule has 2 aromatic carbocycles. The Morgan fingerprint density at radius 1 is 1.00 bits per heavy atom. The Hall–Kier alpha value is -4.38. The van der Waals surface area contributed by atoms with Crippen LogP contribution in [0.4, 0.5) is 17.3 Å². The fourth-order valence-corrected chi connectivity index (χ4v) is 3.86. The van der Waals surface area contributed by atoms with Crippen LogP contribution < -0.4 is 4.80 Å².